The molecule has 1 aliphatic heterocycles. The summed E-state index contributed by atoms with van der Waals surface area (Å²) in [7, 11) is 0. The zero-order valence-electron chi connectivity index (χ0n) is 10.3. The van der Waals surface area contributed by atoms with Crippen LogP contribution < -0.4 is 0 Å². The van der Waals surface area contributed by atoms with Gasteiger partial charge in [-0.2, -0.15) is 13.2 Å². The van der Waals surface area contributed by atoms with Crippen LogP contribution in [0.5, 0.6) is 5.75 Å². The molecule has 1 N–H and O–H groups in total. The van der Waals surface area contributed by atoms with Gasteiger partial charge in [0.1, 0.15) is 12.5 Å². The predicted molar refractivity (Wildman–Crippen MR) is 62.6 cm³/mol. The lowest BCUT2D eigenvalue weighted by atomic mass is 9.88. The number of rotatable bonds is 2. The van der Waals surface area contributed by atoms with Gasteiger partial charge in [-0.05, 0) is 30.4 Å². The lowest BCUT2D eigenvalue weighted by molar-refractivity contribution is -0.138. The van der Waals surface area contributed by atoms with E-state index in [1.54, 1.807) is 4.90 Å². The molecule has 1 saturated heterocycles. The smallest absolute Gasteiger partial charge is 0.419 e. The maximum atomic E-state index is 12.7. The van der Waals surface area contributed by atoms with E-state index in [4.69, 9.17) is 0 Å². The summed E-state index contributed by atoms with van der Waals surface area (Å²) in [5, 5.41) is 9.79. The van der Waals surface area contributed by atoms with Gasteiger partial charge >= 0.3 is 6.18 Å². The Bertz CT molecular complexity index is 439. The number of phenolic OH excluding ortho intramolecular Hbond substituents is 1. The van der Waals surface area contributed by atoms with Crippen LogP contribution in [-0.4, -0.2) is 29.9 Å². The highest BCUT2D eigenvalue weighted by molar-refractivity contribution is 5.44. The average molecular weight is 277 g/mol. The van der Waals surface area contributed by atoms with Crippen molar-refractivity contribution in [3.63, 3.8) is 0 Å². The number of likely N-dealkylation sites (tertiary alicyclic amines) is 1. The fourth-order valence-corrected chi connectivity index (χ4v) is 2.48. The summed E-state index contributed by atoms with van der Waals surface area (Å²) < 4.78 is 50.5. The highest BCUT2D eigenvalue weighted by atomic mass is 19.4. The molecule has 19 heavy (non-hydrogen) atoms. The number of piperidine rings is 1. The van der Waals surface area contributed by atoms with Gasteiger partial charge in [0.05, 0.1) is 5.56 Å². The summed E-state index contributed by atoms with van der Waals surface area (Å²) in [5.41, 5.74) is -0.689. The van der Waals surface area contributed by atoms with Crippen molar-refractivity contribution in [3.8, 4) is 5.75 Å². The Balaban J connectivity index is 2.22. The number of nitrogens with zero attached hydrogens (tertiary/aromatic N) is 1. The van der Waals surface area contributed by atoms with Crippen LogP contribution in [0.25, 0.3) is 0 Å². The molecule has 2 rings (SSSR count). The lowest BCUT2D eigenvalue weighted by Gasteiger charge is -2.30. The average Bonchev–Trinajstić information content (AvgIpc) is 2.38. The Kier molecular flexibility index (Phi) is 3.99. The summed E-state index contributed by atoms with van der Waals surface area (Å²) in [4.78, 5) is 1.60. The van der Waals surface area contributed by atoms with E-state index in [2.05, 4.69) is 0 Å². The molecule has 0 unspecified atom stereocenters. The molecule has 1 heterocycles. The van der Waals surface area contributed by atoms with Crippen molar-refractivity contribution >= 4 is 0 Å². The molecular formula is C13H15F4NO. The normalized spacial score (nSPS) is 18.7. The van der Waals surface area contributed by atoms with Gasteiger partial charge in [0.15, 0.2) is 0 Å². The van der Waals surface area contributed by atoms with E-state index in [9.17, 15) is 22.7 Å². The third-order valence-electron chi connectivity index (χ3n) is 3.57. The summed E-state index contributed by atoms with van der Waals surface area (Å²) in [5.74, 6) is -0.834. The third-order valence-corrected chi connectivity index (χ3v) is 3.57. The van der Waals surface area contributed by atoms with E-state index < -0.39 is 24.3 Å². The largest absolute Gasteiger partial charge is 0.507 e. The molecule has 0 aliphatic carbocycles. The molecule has 0 atom stereocenters. The van der Waals surface area contributed by atoms with Crippen molar-refractivity contribution < 1.29 is 22.7 Å². The van der Waals surface area contributed by atoms with E-state index in [0.29, 0.717) is 31.5 Å². The van der Waals surface area contributed by atoms with Crippen LogP contribution in [0.4, 0.5) is 17.6 Å². The van der Waals surface area contributed by atoms with Crippen LogP contribution in [0.2, 0.25) is 0 Å². The monoisotopic (exact) mass is 277 g/mol. The van der Waals surface area contributed by atoms with Crippen LogP contribution in [0.3, 0.4) is 0 Å². The van der Waals surface area contributed by atoms with Crippen molar-refractivity contribution in [1.29, 1.82) is 0 Å². The molecule has 0 saturated carbocycles. The Labute approximate surface area is 108 Å². The molecule has 0 bridgehead atoms. The van der Waals surface area contributed by atoms with Crippen molar-refractivity contribution in [2.45, 2.75) is 24.9 Å². The minimum atomic E-state index is -4.56. The Morgan fingerprint density at radius 1 is 1.21 bits per heavy atom. The van der Waals surface area contributed by atoms with Gasteiger partial charge in [-0.15, -0.1) is 0 Å². The molecule has 1 fully saturated rings. The number of hydrogen-bond donors (Lipinski definition) is 1. The summed E-state index contributed by atoms with van der Waals surface area (Å²) >= 11 is 0. The minimum Gasteiger partial charge on any atom is -0.507 e. The molecule has 1 aliphatic rings. The molecule has 1 aromatic rings. The van der Waals surface area contributed by atoms with E-state index >= 15 is 0 Å². The fourth-order valence-electron chi connectivity index (χ4n) is 2.48. The highest BCUT2D eigenvalue weighted by Gasteiger charge is 2.35. The van der Waals surface area contributed by atoms with E-state index in [-0.39, 0.29) is 5.92 Å². The second kappa shape index (κ2) is 5.36. The molecule has 0 radical (unpaired) electrons. The Hall–Kier alpha value is -1.30. The quantitative estimate of drug-likeness (QED) is 0.660. The highest BCUT2D eigenvalue weighted by Crippen LogP contribution is 2.41. The molecular weight excluding hydrogens is 262 g/mol. The zero-order chi connectivity index (χ0) is 14.0. The third kappa shape index (κ3) is 3.00. The topological polar surface area (TPSA) is 23.5 Å². The minimum absolute atomic E-state index is 0.148. The molecule has 0 spiro atoms. The maximum absolute atomic E-state index is 12.7. The lowest BCUT2D eigenvalue weighted by Crippen LogP contribution is -2.32. The van der Waals surface area contributed by atoms with Crippen LogP contribution in [0.1, 0.15) is 29.9 Å². The Morgan fingerprint density at radius 3 is 2.37 bits per heavy atom. The molecule has 2 nitrogen and oxygen atoms in total. The number of halogens is 4. The zero-order valence-corrected chi connectivity index (χ0v) is 10.3. The second-order valence-electron chi connectivity index (χ2n) is 4.75. The van der Waals surface area contributed by atoms with Gasteiger partial charge in [0.25, 0.3) is 0 Å². The van der Waals surface area contributed by atoms with Gasteiger partial charge in [-0.1, -0.05) is 12.1 Å². The SMILES string of the molecule is Oc1c(C2CCN(CF)CC2)cccc1C(F)(F)F. The van der Waals surface area contributed by atoms with Gasteiger partial charge in [0, 0.05) is 13.1 Å². The van der Waals surface area contributed by atoms with Gasteiger partial charge < -0.3 is 5.11 Å². The summed E-state index contributed by atoms with van der Waals surface area (Å²) in [6.07, 6.45) is -3.45. The number of phenols is 1. The van der Waals surface area contributed by atoms with E-state index in [0.717, 1.165) is 6.07 Å². The molecule has 0 amide bonds. The number of aromatic hydroxyl groups is 1. The number of para-hydroxylation sites is 1. The first kappa shape index (κ1) is 14.1. The van der Waals surface area contributed by atoms with Crippen LogP contribution in [0.15, 0.2) is 18.2 Å². The van der Waals surface area contributed by atoms with Crippen molar-refractivity contribution in [3.05, 3.63) is 29.3 Å². The maximum Gasteiger partial charge on any atom is 0.419 e. The summed E-state index contributed by atoms with van der Waals surface area (Å²) in [6.45, 7) is 0.453. The molecule has 1 aromatic carbocycles. The molecule has 6 heteroatoms. The summed E-state index contributed by atoms with van der Waals surface area (Å²) in [6, 6.07) is 3.69. The van der Waals surface area contributed by atoms with Crippen molar-refractivity contribution in [2.75, 3.05) is 19.9 Å². The van der Waals surface area contributed by atoms with Gasteiger partial charge in [0.2, 0.25) is 0 Å². The first-order valence-corrected chi connectivity index (χ1v) is 6.11. The predicted octanol–water partition coefficient (Wildman–Crippen LogP) is 3.52. The van der Waals surface area contributed by atoms with Gasteiger partial charge in [-0.25, -0.2) is 4.39 Å². The van der Waals surface area contributed by atoms with Crippen LogP contribution >= 0.6 is 0 Å². The van der Waals surface area contributed by atoms with Crippen molar-refractivity contribution in [2.24, 2.45) is 0 Å². The Morgan fingerprint density at radius 2 is 1.84 bits per heavy atom. The number of hydrogen-bond acceptors (Lipinski definition) is 2. The van der Waals surface area contributed by atoms with Crippen LogP contribution in [0, 0.1) is 0 Å². The standard InChI is InChI=1S/C13H15F4NO/c14-8-18-6-4-9(5-7-18)10-2-1-3-11(12(10)19)13(15,16)17/h1-3,9,19H,4-8H2. The van der Waals surface area contributed by atoms with Crippen molar-refractivity contribution in [1.82, 2.24) is 4.90 Å². The molecule has 106 valence electrons. The first-order valence-electron chi connectivity index (χ1n) is 6.11. The molecule has 0 aromatic heterocycles. The number of benzene rings is 1. The number of alkyl halides is 4. The van der Waals surface area contributed by atoms with E-state index in [1.165, 1.54) is 12.1 Å². The fraction of sp³-hybridized carbons (Fsp3) is 0.538. The van der Waals surface area contributed by atoms with E-state index in [1.807, 2.05) is 0 Å². The van der Waals surface area contributed by atoms with Gasteiger partial charge in [-0.3, -0.25) is 4.90 Å². The van der Waals surface area contributed by atoms with Crippen LogP contribution in [-0.2, 0) is 6.18 Å². The second-order valence-corrected chi connectivity index (χ2v) is 4.75. The first-order chi connectivity index (χ1) is 8.93.